The molecule has 1 fully saturated rings. The molecule has 2 unspecified atom stereocenters. The summed E-state index contributed by atoms with van der Waals surface area (Å²) in [6.07, 6.45) is 2.76. The first-order valence-electron chi connectivity index (χ1n) is 4.98. The van der Waals surface area contributed by atoms with Crippen molar-refractivity contribution in [2.75, 3.05) is 6.54 Å². The number of nitrogens with one attached hydrogen (secondary N) is 1. The maximum atomic E-state index is 10.2. The molecular weight excluding hydrogens is 150 g/mol. The van der Waals surface area contributed by atoms with Gasteiger partial charge in [0.25, 0.3) is 0 Å². The fourth-order valence-corrected chi connectivity index (χ4v) is 2.24. The zero-order valence-corrected chi connectivity index (χ0v) is 8.43. The van der Waals surface area contributed by atoms with E-state index < -0.39 is 5.60 Å². The third kappa shape index (κ3) is 2.76. The fraction of sp³-hybridized carbons (Fsp3) is 1.00. The van der Waals surface area contributed by atoms with E-state index in [1.807, 2.05) is 0 Å². The average Bonchev–Trinajstić information content (AvgIpc) is 1.82. The summed E-state index contributed by atoms with van der Waals surface area (Å²) in [6.45, 7) is 7.45. The number of rotatable bonds is 2. The van der Waals surface area contributed by atoms with Gasteiger partial charge < -0.3 is 10.4 Å². The summed E-state index contributed by atoms with van der Waals surface area (Å²) >= 11 is 0. The Bertz CT molecular complexity index is 143. The van der Waals surface area contributed by atoms with Gasteiger partial charge in [0, 0.05) is 6.04 Å². The van der Waals surface area contributed by atoms with Crippen molar-refractivity contribution in [1.82, 2.24) is 5.32 Å². The van der Waals surface area contributed by atoms with Crippen LogP contribution in [0.3, 0.4) is 0 Å². The molecule has 0 aromatic rings. The van der Waals surface area contributed by atoms with E-state index in [1.165, 1.54) is 0 Å². The van der Waals surface area contributed by atoms with Crippen molar-refractivity contribution in [2.24, 2.45) is 5.92 Å². The molecule has 2 heteroatoms. The molecule has 1 saturated heterocycles. The molecule has 1 rings (SSSR count). The first-order chi connectivity index (χ1) is 5.52. The van der Waals surface area contributed by atoms with Crippen molar-refractivity contribution < 1.29 is 5.11 Å². The molecule has 0 saturated carbocycles. The van der Waals surface area contributed by atoms with Crippen molar-refractivity contribution in [1.29, 1.82) is 0 Å². The van der Waals surface area contributed by atoms with Gasteiger partial charge in [-0.25, -0.2) is 0 Å². The van der Waals surface area contributed by atoms with Crippen LogP contribution < -0.4 is 5.32 Å². The molecule has 1 aliphatic rings. The molecule has 12 heavy (non-hydrogen) atoms. The molecule has 72 valence electrons. The molecular formula is C10H21NO. The minimum atomic E-state index is -0.390. The highest BCUT2D eigenvalue weighted by Crippen LogP contribution is 2.28. The topological polar surface area (TPSA) is 32.3 Å². The lowest BCUT2D eigenvalue weighted by Crippen LogP contribution is -2.47. The Morgan fingerprint density at radius 2 is 2.25 bits per heavy atom. The number of aliphatic hydroxyl groups is 1. The van der Waals surface area contributed by atoms with Crippen molar-refractivity contribution >= 4 is 0 Å². The van der Waals surface area contributed by atoms with E-state index in [-0.39, 0.29) is 0 Å². The highest BCUT2D eigenvalue weighted by molar-refractivity contribution is 4.88. The predicted octanol–water partition coefficient (Wildman–Crippen LogP) is 1.54. The van der Waals surface area contributed by atoms with E-state index >= 15 is 0 Å². The van der Waals surface area contributed by atoms with Gasteiger partial charge in [-0.1, -0.05) is 13.8 Å². The van der Waals surface area contributed by atoms with Gasteiger partial charge in [-0.05, 0) is 38.6 Å². The molecule has 0 aromatic carbocycles. The maximum Gasteiger partial charge on any atom is 0.0677 e. The zero-order chi connectivity index (χ0) is 9.19. The highest BCUT2D eigenvalue weighted by atomic mass is 16.3. The number of hydrogen-bond acceptors (Lipinski definition) is 2. The van der Waals surface area contributed by atoms with E-state index in [9.17, 15) is 5.11 Å². The van der Waals surface area contributed by atoms with Gasteiger partial charge in [-0.15, -0.1) is 0 Å². The summed E-state index contributed by atoms with van der Waals surface area (Å²) in [4.78, 5) is 0. The fourth-order valence-electron chi connectivity index (χ4n) is 2.24. The standard InChI is InChI=1S/C10H21NO/c1-8(2)6-10(12)4-5-11-9(3)7-10/h8-9,11-12H,4-7H2,1-3H3. The van der Waals surface area contributed by atoms with Gasteiger partial charge in [0.05, 0.1) is 5.60 Å². The summed E-state index contributed by atoms with van der Waals surface area (Å²) in [7, 11) is 0. The van der Waals surface area contributed by atoms with Crippen LogP contribution >= 0.6 is 0 Å². The van der Waals surface area contributed by atoms with Gasteiger partial charge in [0.1, 0.15) is 0 Å². The Labute approximate surface area is 75.4 Å². The molecule has 0 aromatic heterocycles. The Morgan fingerprint density at radius 3 is 2.75 bits per heavy atom. The van der Waals surface area contributed by atoms with Crippen molar-refractivity contribution in [3.05, 3.63) is 0 Å². The van der Waals surface area contributed by atoms with Gasteiger partial charge >= 0.3 is 0 Å². The predicted molar refractivity (Wildman–Crippen MR) is 51.1 cm³/mol. The van der Waals surface area contributed by atoms with Crippen molar-refractivity contribution in [3.8, 4) is 0 Å². The van der Waals surface area contributed by atoms with E-state index in [0.29, 0.717) is 12.0 Å². The van der Waals surface area contributed by atoms with Crippen LogP contribution in [0.5, 0.6) is 0 Å². The molecule has 0 radical (unpaired) electrons. The van der Waals surface area contributed by atoms with E-state index in [4.69, 9.17) is 0 Å². The second kappa shape index (κ2) is 3.75. The lowest BCUT2D eigenvalue weighted by Gasteiger charge is -2.37. The van der Waals surface area contributed by atoms with Crippen LogP contribution in [-0.4, -0.2) is 23.3 Å². The van der Waals surface area contributed by atoms with Crippen LogP contribution in [0.2, 0.25) is 0 Å². The maximum absolute atomic E-state index is 10.2. The SMILES string of the molecule is CC(C)CC1(O)CCNC(C)C1. The number of hydrogen-bond donors (Lipinski definition) is 2. The lowest BCUT2D eigenvalue weighted by molar-refractivity contribution is -0.0190. The lowest BCUT2D eigenvalue weighted by atomic mass is 9.82. The van der Waals surface area contributed by atoms with Crippen LogP contribution in [0.15, 0.2) is 0 Å². The summed E-state index contributed by atoms with van der Waals surface area (Å²) in [5.41, 5.74) is -0.390. The van der Waals surface area contributed by atoms with Crippen molar-refractivity contribution in [3.63, 3.8) is 0 Å². The smallest absolute Gasteiger partial charge is 0.0677 e. The molecule has 0 aliphatic carbocycles. The molecule has 2 atom stereocenters. The molecule has 0 spiro atoms. The van der Waals surface area contributed by atoms with Gasteiger partial charge in [0.15, 0.2) is 0 Å². The van der Waals surface area contributed by atoms with E-state index in [0.717, 1.165) is 25.8 Å². The Balaban J connectivity index is 2.45. The first-order valence-corrected chi connectivity index (χ1v) is 4.98. The molecule has 0 bridgehead atoms. The largest absolute Gasteiger partial charge is 0.390 e. The monoisotopic (exact) mass is 171 g/mol. The van der Waals surface area contributed by atoms with Crippen molar-refractivity contribution in [2.45, 2.75) is 51.7 Å². The molecule has 1 aliphatic heterocycles. The van der Waals surface area contributed by atoms with Gasteiger partial charge in [-0.2, -0.15) is 0 Å². The summed E-state index contributed by atoms with van der Waals surface area (Å²) in [5.74, 6) is 0.597. The molecule has 1 heterocycles. The van der Waals surface area contributed by atoms with Crippen LogP contribution in [0, 0.1) is 5.92 Å². The van der Waals surface area contributed by atoms with Crippen LogP contribution in [0.1, 0.15) is 40.0 Å². The van der Waals surface area contributed by atoms with E-state index in [2.05, 4.69) is 26.1 Å². The Hall–Kier alpha value is -0.0800. The summed E-state index contributed by atoms with van der Waals surface area (Å²) < 4.78 is 0. The van der Waals surface area contributed by atoms with Crippen LogP contribution in [0.4, 0.5) is 0 Å². The van der Waals surface area contributed by atoms with Crippen LogP contribution in [-0.2, 0) is 0 Å². The second-order valence-corrected chi connectivity index (χ2v) is 4.63. The quantitative estimate of drug-likeness (QED) is 0.660. The van der Waals surface area contributed by atoms with Crippen LogP contribution in [0.25, 0.3) is 0 Å². The number of piperidine rings is 1. The second-order valence-electron chi connectivity index (χ2n) is 4.63. The summed E-state index contributed by atoms with van der Waals surface area (Å²) in [5, 5.41) is 13.5. The van der Waals surface area contributed by atoms with E-state index in [1.54, 1.807) is 0 Å². The Kier molecular flexibility index (Phi) is 3.13. The molecule has 2 nitrogen and oxygen atoms in total. The zero-order valence-electron chi connectivity index (χ0n) is 8.43. The third-order valence-corrected chi connectivity index (χ3v) is 2.56. The average molecular weight is 171 g/mol. The first kappa shape index (κ1) is 10.0. The van der Waals surface area contributed by atoms with Gasteiger partial charge in [0.2, 0.25) is 0 Å². The molecule has 2 N–H and O–H groups in total. The van der Waals surface area contributed by atoms with Gasteiger partial charge in [-0.3, -0.25) is 0 Å². The summed E-state index contributed by atoms with van der Waals surface area (Å²) in [6, 6.07) is 0.475. The third-order valence-electron chi connectivity index (χ3n) is 2.56. The minimum Gasteiger partial charge on any atom is -0.390 e. The minimum absolute atomic E-state index is 0.390. The Morgan fingerprint density at radius 1 is 1.58 bits per heavy atom. The normalized spacial score (nSPS) is 37.2. The highest BCUT2D eigenvalue weighted by Gasteiger charge is 2.32. The molecule has 0 amide bonds.